The Balaban J connectivity index is 1.33. The summed E-state index contributed by atoms with van der Waals surface area (Å²) in [4.78, 5) is 35.3. The SMILES string of the molecule is CCCc1cc(-c2cc(-c3cnn(C)c3)cnc2N)ccc1NC(=O)c1cn(Cc2ccc(F)cc2)c2ncnn2c1=O. The van der Waals surface area contributed by atoms with Gasteiger partial charge in [0.2, 0.25) is 5.78 Å². The van der Waals surface area contributed by atoms with Crippen molar-refractivity contribution in [3.63, 3.8) is 0 Å². The molecule has 0 aliphatic carbocycles. The number of rotatable bonds is 8. The van der Waals surface area contributed by atoms with E-state index in [2.05, 4.69) is 25.5 Å². The topological polar surface area (TPSA) is 138 Å². The van der Waals surface area contributed by atoms with E-state index in [-0.39, 0.29) is 23.7 Å². The third kappa shape index (κ3) is 5.49. The molecule has 0 atom stereocenters. The molecule has 0 fully saturated rings. The molecule has 0 saturated heterocycles. The summed E-state index contributed by atoms with van der Waals surface area (Å²) in [6.45, 7) is 2.30. The van der Waals surface area contributed by atoms with Crippen molar-refractivity contribution in [3.8, 4) is 22.3 Å². The van der Waals surface area contributed by atoms with E-state index in [1.807, 2.05) is 38.4 Å². The van der Waals surface area contributed by atoms with Gasteiger partial charge in [0.1, 0.15) is 23.5 Å². The fraction of sp³-hybridized carbons (Fsp3) is 0.161. The lowest BCUT2D eigenvalue weighted by molar-refractivity contribution is 0.102. The highest BCUT2D eigenvalue weighted by Crippen LogP contribution is 2.32. The maximum atomic E-state index is 13.5. The number of aromatic nitrogens is 7. The predicted molar refractivity (Wildman–Crippen MR) is 161 cm³/mol. The summed E-state index contributed by atoms with van der Waals surface area (Å²) < 4.78 is 17.9. The molecule has 2 aromatic carbocycles. The molecule has 0 unspecified atom stereocenters. The van der Waals surface area contributed by atoms with Crippen molar-refractivity contribution < 1.29 is 9.18 Å². The van der Waals surface area contributed by atoms with Gasteiger partial charge in [0.25, 0.3) is 11.5 Å². The number of hydrogen-bond acceptors (Lipinski definition) is 7. The number of nitrogen functional groups attached to an aromatic ring is 1. The van der Waals surface area contributed by atoms with Gasteiger partial charge in [-0.25, -0.2) is 9.37 Å². The molecule has 6 aromatic rings. The number of amides is 1. The van der Waals surface area contributed by atoms with Crippen molar-refractivity contribution in [3.05, 3.63) is 113 Å². The number of nitrogens with two attached hydrogens (primary N) is 1. The number of carbonyl (C=O) groups is 1. The molecular formula is C31H28FN9O2. The highest BCUT2D eigenvalue weighted by Gasteiger charge is 2.19. The van der Waals surface area contributed by atoms with Gasteiger partial charge in [-0.05, 0) is 53.4 Å². The Hall–Kier alpha value is -5.65. The summed E-state index contributed by atoms with van der Waals surface area (Å²) in [6.07, 6.45) is 9.59. The second-order valence-corrected chi connectivity index (χ2v) is 10.2. The van der Waals surface area contributed by atoms with E-state index in [4.69, 9.17) is 5.73 Å². The fourth-order valence-electron chi connectivity index (χ4n) is 5.00. The van der Waals surface area contributed by atoms with Crippen LogP contribution < -0.4 is 16.6 Å². The zero-order chi connectivity index (χ0) is 30.1. The largest absolute Gasteiger partial charge is 0.383 e. The van der Waals surface area contributed by atoms with Gasteiger partial charge in [-0.1, -0.05) is 31.5 Å². The molecular weight excluding hydrogens is 549 g/mol. The van der Waals surface area contributed by atoms with Gasteiger partial charge >= 0.3 is 0 Å². The van der Waals surface area contributed by atoms with Crippen LogP contribution in [0, 0.1) is 5.82 Å². The summed E-state index contributed by atoms with van der Waals surface area (Å²) in [5.74, 6) is -0.290. The summed E-state index contributed by atoms with van der Waals surface area (Å²) in [7, 11) is 1.85. The highest BCUT2D eigenvalue weighted by molar-refractivity contribution is 6.04. The first-order valence-corrected chi connectivity index (χ1v) is 13.7. The first-order chi connectivity index (χ1) is 20.8. The monoisotopic (exact) mass is 577 g/mol. The van der Waals surface area contributed by atoms with Crippen LogP contribution in [0.25, 0.3) is 28.0 Å². The normalized spacial score (nSPS) is 11.2. The van der Waals surface area contributed by atoms with Gasteiger partial charge in [0.05, 0.1) is 12.7 Å². The van der Waals surface area contributed by atoms with Crippen molar-refractivity contribution in [2.75, 3.05) is 11.1 Å². The molecule has 12 heteroatoms. The van der Waals surface area contributed by atoms with Crippen LogP contribution in [0.4, 0.5) is 15.9 Å². The van der Waals surface area contributed by atoms with Crippen LogP contribution in [-0.2, 0) is 20.0 Å². The van der Waals surface area contributed by atoms with E-state index >= 15 is 0 Å². The number of benzene rings is 2. The molecule has 0 aliphatic heterocycles. The van der Waals surface area contributed by atoms with Gasteiger partial charge in [-0.15, -0.1) is 0 Å². The first-order valence-electron chi connectivity index (χ1n) is 13.7. The Kier molecular flexibility index (Phi) is 7.24. The smallest absolute Gasteiger partial charge is 0.288 e. The minimum Gasteiger partial charge on any atom is -0.383 e. The predicted octanol–water partition coefficient (Wildman–Crippen LogP) is 4.33. The molecule has 4 heterocycles. The number of nitrogens with zero attached hydrogens (tertiary/aromatic N) is 7. The maximum Gasteiger partial charge on any atom is 0.288 e. The number of hydrogen-bond donors (Lipinski definition) is 2. The molecule has 0 aliphatic rings. The number of fused-ring (bicyclic) bond motifs is 1. The van der Waals surface area contributed by atoms with Gasteiger partial charge in [-0.2, -0.15) is 19.7 Å². The summed E-state index contributed by atoms with van der Waals surface area (Å²) in [5, 5.41) is 11.2. The lowest BCUT2D eigenvalue weighted by Gasteiger charge is -2.15. The Morgan fingerprint density at radius 2 is 1.79 bits per heavy atom. The van der Waals surface area contributed by atoms with Crippen LogP contribution in [0.5, 0.6) is 0 Å². The standard InChI is InChI=1S/C31H28FN9O2/c1-3-4-21-11-20(25-12-22(13-34-28(25)33)23-14-36-39(2)16-23)7-10-27(21)38-29(42)26-17-40(15-19-5-8-24(32)9-6-19)31-35-18-37-41(31)30(26)43/h5-14,16-18H,3-4,15H2,1-2H3,(H2,33,34)(H,38,42). The number of carbonyl (C=O) groups excluding carboxylic acids is 1. The van der Waals surface area contributed by atoms with Crippen molar-refractivity contribution in [2.45, 2.75) is 26.3 Å². The van der Waals surface area contributed by atoms with Gasteiger partial charge in [-0.3, -0.25) is 14.3 Å². The van der Waals surface area contributed by atoms with Crippen molar-refractivity contribution in [1.82, 2.24) is 33.9 Å². The lowest BCUT2D eigenvalue weighted by Crippen LogP contribution is -2.29. The maximum absolute atomic E-state index is 13.5. The molecule has 0 bridgehead atoms. The summed E-state index contributed by atoms with van der Waals surface area (Å²) in [5.41, 5.74) is 11.2. The fourth-order valence-corrected chi connectivity index (χ4v) is 5.00. The molecule has 4 aromatic heterocycles. The Bertz CT molecular complexity index is 2030. The molecule has 43 heavy (non-hydrogen) atoms. The Labute approximate surface area is 245 Å². The Morgan fingerprint density at radius 3 is 2.53 bits per heavy atom. The average molecular weight is 578 g/mol. The lowest BCUT2D eigenvalue weighted by atomic mass is 9.98. The van der Waals surface area contributed by atoms with Crippen LogP contribution in [0.15, 0.2) is 84.4 Å². The average Bonchev–Trinajstić information content (AvgIpc) is 3.67. The third-order valence-corrected chi connectivity index (χ3v) is 7.15. The van der Waals surface area contributed by atoms with Crippen molar-refractivity contribution in [2.24, 2.45) is 7.05 Å². The van der Waals surface area contributed by atoms with Crippen molar-refractivity contribution in [1.29, 1.82) is 0 Å². The number of aryl methyl sites for hydroxylation is 2. The highest BCUT2D eigenvalue weighted by atomic mass is 19.1. The number of halogens is 1. The molecule has 0 saturated carbocycles. The zero-order valence-electron chi connectivity index (χ0n) is 23.5. The molecule has 1 amide bonds. The quantitative estimate of drug-likeness (QED) is 0.275. The van der Waals surface area contributed by atoms with E-state index in [1.165, 1.54) is 24.7 Å². The third-order valence-electron chi connectivity index (χ3n) is 7.15. The van der Waals surface area contributed by atoms with Crippen molar-refractivity contribution >= 4 is 23.2 Å². The molecule has 6 rings (SSSR count). The summed E-state index contributed by atoms with van der Waals surface area (Å²) in [6, 6.07) is 13.6. The number of anilines is 2. The molecule has 0 radical (unpaired) electrons. The number of nitrogens with one attached hydrogen (secondary N) is 1. The van der Waals surface area contributed by atoms with E-state index in [1.54, 1.807) is 39.8 Å². The molecule has 11 nitrogen and oxygen atoms in total. The van der Waals surface area contributed by atoms with Crippen LogP contribution >= 0.6 is 0 Å². The van der Waals surface area contributed by atoms with Crippen LogP contribution in [-0.4, -0.2) is 39.8 Å². The van der Waals surface area contributed by atoms with E-state index in [0.717, 1.165) is 44.3 Å². The second-order valence-electron chi connectivity index (χ2n) is 10.2. The first kappa shape index (κ1) is 27.5. The molecule has 216 valence electrons. The Morgan fingerprint density at radius 1 is 0.977 bits per heavy atom. The minimum absolute atomic E-state index is 0.107. The van der Waals surface area contributed by atoms with Crippen LogP contribution in [0.1, 0.15) is 34.8 Å². The van der Waals surface area contributed by atoms with Crippen LogP contribution in [0.3, 0.4) is 0 Å². The summed E-state index contributed by atoms with van der Waals surface area (Å²) >= 11 is 0. The van der Waals surface area contributed by atoms with Crippen LogP contribution in [0.2, 0.25) is 0 Å². The van der Waals surface area contributed by atoms with Gasteiger partial charge < -0.3 is 15.6 Å². The van der Waals surface area contributed by atoms with E-state index in [0.29, 0.717) is 17.9 Å². The molecule has 3 N–H and O–H groups in total. The van der Waals surface area contributed by atoms with Gasteiger partial charge in [0, 0.05) is 48.0 Å². The molecule has 0 spiro atoms. The second kappa shape index (κ2) is 11.3. The van der Waals surface area contributed by atoms with Gasteiger partial charge in [0.15, 0.2) is 0 Å². The number of pyridine rings is 1. The zero-order valence-corrected chi connectivity index (χ0v) is 23.5. The van der Waals surface area contributed by atoms with E-state index < -0.39 is 11.5 Å². The minimum atomic E-state index is -0.597. The van der Waals surface area contributed by atoms with E-state index in [9.17, 15) is 14.0 Å².